The van der Waals surface area contributed by atoms with E-state index in [1.807, 2.05) is 0 Å². The fraction of sp³-hybridized carbons (Fsp3) is 0.846. The number of Topliss-reactive ketones (excluding diaryl/α,β-unsaturated/α-hetero) is 1. The van der Waals surface area contributed by atoms with E-state index in [4.69, 9.17) is 0 Å². The molecule has 0 fully saturated rings. The minimum absolute atomic E-state index is 0.148. The molecular formula is C13H24O2. The highest BCUT2D eigenvalue weighted by atomic mass is 16.1. The lowest BCUT2D eigenvalue weighted by Gasteiger charge is -2.07. The van der Waals surface area contributed by atoms with Crippen LogP contribution in [0, 0.1) is 5.92 Å². The molecule has 0 bridgehead atoms. The lowest BCUT2D eigenvalue weighted by molar-refractivity contribution is -0.127. The molecule has 0 radical (unpaired) electrons. The third-order valence-electron chi connectivity index (χ3n) is 2.72. The standard InChI is InChI=1S/C13H24O2/c1-3-5-7-8-10-13(15)12(11-14)9-6-4-2/h11-12H,3-10H2,1-2H3. The first-order chi connectivity index (χ1) is 7.26. The number of rotatable bonds is 10. The molecule has 0 rings (SSSR count). The van der Waals surface area contributed by atoms with Crippen molar-refractivity contribution in [3.05, 3.63) is 0 Å². The predicted molar refractivity (Wildman–Crippen MR) is 62.8 cm³/mol. The molecule has 88 valence electrons. The van der Waals surface area contributed by atoms with Crippen LogP contribution in [0.3, 0.4) is 0 Å². The lowest BCUT2D eigenvalue weighted by Crippen LogP contribution is -2.15. The summed E-state index contributed by atoms with van der Waals surface area (Å²) in [4.78, 5) is 22.3. The van der Waals surface area contributed by atoms with Crippen LogP contribution in [0.15, 0.2) is 0 Å². The molecule has 0 N–H and O–H groups in total. The van der Waals surface area contributed by atoms with Crippen molar-refractivity contribution in [2.45, 2.75) is 65.2 Å². The van der Waals surface area contributed by atoms with Gasteiger partial charge in [-0.3, -0.25) is 4.79 Å². The van der Waals surface area contributed by atoms with Gasteiger partial charge in [-0.25, -0.2) is 0 Å². The Morgan fingerprint density at radius 3 is 2.27 bits per heavy atom. The van der Waals surface area contributed by atoms with Gasteiger partial charge in [0.05, 0.1) is 5.92 Å². The maximum absolute atomic E-state index is 11.6. The number of carbonyl (C=O) groups excluding carboxylic acids is 2. The highest BCUT2D eigenvalue weighted by Gasteiger charge is 2.15. The Balaban J connectivity index is 3.68. The second-order valence-corrected chi connectivity index (χ2v) is 4.16. The molecule has 0 aromatic carbocycles. The molecule has 0 aromatic rings. The summed E-state index contributed by atoms with van der Waals surface area (Å²) in [7, 11) is 0. The zero-order valence-corrected chi connectivity index (χ0v) is 10.1. The monoisotopic (exact) mass is 212 g/mol. The molecule has 0 aliphatic carbocycles. The van der Waals surface area contributed by atoms with Crippen LogP contribution in [-0.2, 0) is 9.59 Å². The summed E-state index contributed by atoms with van der Waals surface area (Å²) < 4.78 is 0. The smallest absolute Gasteiger partial charge is 0.143 e. The van der Waals surface area contributed by atoms with Gasteiger partial charge in [0.1, 0.15) is 12.1 Å². The van der Waals surface area contributed by atoms with Crippen LogP contribution < -0.4 is 0 Å². The van der Waals surface area contributed by atoms with E-state index in [0.29, 0.717) is 6.42 Å². The quantitative estimate of drug-likeness (QED) is 0.315. The molecule has 0 saturated carbocycles. The van der Waals surface area contributed by atoms with Crippen LogP contribution >= 0.6 is 0 Å². The Morgan fingerprint density at radius 2 is 1.73 bits per heavy atom. The number of unbranched alkanes of at least 4 members (excludes halogenated alkanes) is 4. The van der Waals surface area contributed by atoms with E-state index in [-0.39, 0.29) is 11.7 Å². The Kier molecular flexibility index (Phi) is 9.44. The van der Waals surface area contributed by atoms with Crippen LogP contribution in [0.5, 0.6) is 0 Å². The number of carbonyl (C=O) groups is 2. The van der Waals surface area contributed by atoms with Gasteiger partial charge in [-0.15, -0.1) is 0 Å². The van der Waals surface area contributed by atoms with E-state index in [1.54, 1.807) is 0 Å². The van der Waals surface area contributed by atoms with Crippen molar-refractivity contribution < 1.29 is 9.59 Å². The Morgan fingerprint density at radius 1 is 1.07 bits per heavy atom. The van der Waals surface area contributed by atoms with Gasteiger partial charge in [0, 0.05) is 6.42 Å². The molecule has 0 spiro atoms. The molecule has 0 aliphatic heterocycles. The molecule has 15 heavy (non-hydrogen) atoms. The summed E-state index contributed by atoms with van der Waals surface area (Å²) in [6, 6.07) is 0. The molecule has 1 atom stereocenters. The van der Waals surface area contributed by atoms with Crippen LogP contribution in [-0.4, -0.2) is 12.1 Å². The highest BCUT2D eigenvalue weighted by molar-refractivity contribution is 5.93. The molecule has 0 aromatic heterocycles. The van der Waals surface area contributed by atoms with Crippen LogP contribution in [0.25, 0.3) is 0 Å². The molecule has 0 heterocycles. The summed E-state index contributed by atoms with van der Waals surface area (Å²) in [6.45, 7) is 4.23. The van der Waals surface area contributed by atoms with E-state index in [9.17, 15) is 9.59 Å². The van der Waals surface area contributed by atoms with E-state index >= 15 is 0 Å². The second kappa shape index (κ2) is 9.88. The first-order valence-electron chi connectivity index (χ1n) is 6.24. The van der Waals surface area contributed by atoms with Crippen molar-refractivity contribution in [1.29, 1.82) is 0 Å². The second-order valence-electron chi connectivity index (χ2n) is 4.16. The average Bonchev–Trinajstić information content (AvgIpc) is 2.25. The van der Waals surface area contributed by atoms with Crippen molar-refractivity contribution in [3.63, 3.8) is 0 Å². The Hall–Kier alpha value is -0.660. The maximum Gasteiger partial charge on any atom is 0.143 e. The van der Waals surface area contributed by atoms with E-state index < -0.39 is 0 Å². The predicted octanol–water partition coefficient (Wildman–Crippen LogP) is 3.53. The molecule has 0 saturated heterocycles. The molecule has 0 amide bonds. The van der Waals surface area contributed by atoms with Gasteiger partial charge in [0.25, 0.3) is 0 Å². The Bertz CT molecular complexity index is 175. The van der Waals surface area contributed by atoms with E-state index in [1.165, 1.54) is 12.8 Å². The van der Waals surface area contributed by atoms with Crippen LogP contribution in [0.2, 0.25) is 0 Å². The first-order valence-corrected chi connectivity index (χ1v) is 6.24. The fourth-order valence-electron chi connectivity index (χ4n) is 1.64. The summed E-state index contributed by atoms with van der Waals surface area (Å²) in [5, 5.41) is 0. The van der Waals surface area contributed by atoms with Gasteiger partial charge in [0.2, 0.25) is 0 Å². The number of ketones is 1. The lowest BCUT2D eigenvalue weighted by atomic mass is 9.95. The van der Waals surface area contributed by atoms with Crippen molar-refractivity contribution in [2.24, 2.45) is 5.92 Å². The first kappa shape index (κ1) is 14.3. The summed E-state index contributed by atoms with van der Waals surface area (Å²) in [5.74, 6) is -0.180. The average molecular weight is 212 g/mol. The van der Waals surface area contributed by atoms with Crippen molar-refractivity contribution >= 4 is 12.1 Å². The van der Waals surface area contributed by atoms with E-state index in [2.05, 4.69) is 13.8 Å². The maximum atomic E-state index is 11.6. The third-order valence-corrected chi connectivity index (χ3v) is 2.72. The van der Waals surface area contributed by atoms with Crippen molar-refractivity contribution in [2.75, 3.05) is 0 Å². The van der Waals surface area contributed by atoms with Crippen LogP contribution in [0.4, 0.5) is 0 Å². The van der Waals surface area contributed by atoms with E-state index in [0.717, 1.165) is 38.4 Å². The molecule has 0 aliphatic rings. The zero-order valence-electron chi connectivity index (χ0n) is 10.1. The summed E-state index contributed by atoms with van der Waals surface area (Å²) >= 11 is 0. The number of hydrogen-bond acceptors (Lipinski definition) is 2. The van der Waals surface area contributed by atoms with Crippen molar-refractivity contribution in [3.8, 4) is 0 Å². The van der Waals surface area contributed by atoms with Crippen LogP contribution in [0.1, 0.15) is 65.2 Å². The molecule has 1 unspecified atom stereocenters. The third kappa shape index (κ3) is 7.29. The highest BCUT2D eigenvalue weighted by Crippen LogP contribution is 2.12. The summed E-state index contributed by atoms with van der Waals surface area (Å²) in [5.41, 5.74) is 0. The fourth-order valence-corrected chi connectivity index (χ4v) is 1.64. The number of hydrogen-bond donors (Lipinski definition) is 0. The van der Waals surface area contributed by atoms with Gasteiger partial charge in [-0.05, 0) is 12.8 Å². The molecule has 2 heteroatoms. The largest absolute Gasteiger partial charge is 0.303 e. The van der Waals surface area contributed by atoms with Crippen molar-refractivity contribution in [1.82, 2.24) is 0 Å². The van der Waals surface area contributed by atoms with Gasteiger partial charge in [-0.2, -0.15) is 0 Å². The number of aldehydes is 1. The molecular weight excluding hydrogens is 188 g/mol. The summed E-state index contributed by atoms with van der Waals surface area (Å²) in [6.07, 6.45) is 8.62. The zero-order chi connectivity index (χ0) is 11.5. The van der Waals surface area contributed by atoms with Gasteiger partial charge in [0.15, 0.2) is 0 Å². The van der Waals surface area contributed by atoms with Gasteiger partial charge >= 0.3 is 0 Å². The van der Waals surface area contributed by atoms with Gasteiger partial charge < -0.3 is 4.79 Å². The SMILES string of the molecule is CCCCCCC(=O)C(C=O)CCCC. The topological polar surface area (TPSA) is 34.1 Å². The Labute approximate surface area is 93.4 Å². The van der Waals surface area contributed by atoms with Gasteiger partial charge in [-0.1, -0.05) is 46.0 Å². The molecule has 2 nitrogen and oxygen atoms in total. The minimum atomic E-state index is -0.327. The minimum Gasteiger partial charge on any atom is -0.303 e. The normalized spacial score (nSPS) is 12.4.